The van der Waals surface area contributed by atoms with Crippen molar-refractivity contribution < 1.29 is 24.2 Å². The Morgan fingerprint density at radius 1 is 1.27 bits per heavy atom. The van der Waals surface area contributed by atoms with Gasteiger partial charge in [0, 0.05) is 19.2 Å². The molecule has 1 saturated heterocycles. The molecule has 2 aromatic rings. The highest BCUT2D eigenvalue weighted by molar-refractivity contribution is 5.97. The van der Waals surface area contributed by atoms with Crippen LogP contribution in [0.4, 0.5) is 0 Å². The first-order valence-corrected chi connectivity index (χ1v) is 8.03. The van der Waals surface area contributed by atoms with E-state index in [0.29, 0.717) is 12.2 Å². The van der Waals surface area contributed by atoms with Crippen molar-refractivity contribution in [2.75, 3.05) is 19.7 Å². The van der Waals surface area contributed by atoms with Crippen LogP contribution in [-0.4, -0.2) is 63.4 Å². The predicted molar refractivity (Wildman–Crippen MR) is 90.0 cm³/mol. The van der Waals surface area contributed by atoms with Crippen molar-refractivity contribution in [1.29, 1.82) is 0 Å². The van der Waals surface area contributed by atoms with Gasteiger partial charge in [0.05, 0.1) is 24.8 Å². The van der Waals surface area contributed by atoms with Gasteiger partial charge in [0.25, 0.3) is 11.8 Å². The van der Waals surface area contributed by atoms with Gasteiger partial charge in [-0.15, -0.1) is 0 Å². The van der Waals surface area contributed by atoms with E-state index in [-0.39, 0.29) is 31.0 Å². The minimum absolute atomic E-state index is 0.0682. The molecule has 0 aliphatic carbocycles. The smallest absolute Gasteiger partial charge is 0.306 e. The summed E-state index contributed by atoms with van der Waals surface area (Å²) in [6, 6.07) is 10.2. The molecule has 2 amide bonds. The second-order valence-corrected chi connectivity index (χ2v) is 5.87. The number of hydrogen-bond donors (Lipinski definition) is 2. The van der Waals surface area contributed by atoms with Crippen molar-refractivity contribution in [3.63, 3.8) is 0 Å². The lowest BCUT2D eigenvalue weighted by atomic mass is 10.2. The van der Waals surface area contributed by atoms with Crippen molar-refractivity contribution in [2.24, 2.45) is 5.73 Å². The van der Waals surface area contributed by atoms with Gasteiger partial charge >= 0.3 is 5.97 Å². The molecule has 0 bridgehead atoms. The highest BCUT2D eigenvalue weighted by Crippen LogP contribution is 2.16. The fraction of sp³-hybridized carbons (Fsp3) is 0.294. The SMILES string of the molecule is NC(=O)c1cc(C(=O)N2CCOC(CC(=O)O)C2)nn1-c1ccccc1. The number of aromatic nitrogens is 2. The van der Waals surface area contributed by atoms with Gasteiger partial charge in [-0.2, -0.15) is 5.10 Å². The maximum absolute atomic E-state index is 12.7. The van der Waals surface area contributed by atoms with Gasteiger partial charge in [-0.3, -0.25) is 14.4 Å². The summed E-state index contributed by atoms with van der Waals surface area (Å²) in [6.45, 7) is 0.708. The number of nitrogens with two attached hydrogens (primary N) is 1. The molecule has 3 rings (SSSR count). The molecule has 2 heterocycles. The average Bonchev–Trinajstić information content (AvgIpc) is 3.07. The summed E-state index contributed by atoms with van der Waals surface area (Å²) in [7, 11) is 0. The van der Waals surface area contributed by atoms with Gasteiger partial charge in [0.15, 0.2) is 5.69 Å². The zero-order valence-corrected chi connectivity index (χ0v) is 13.9. The number of carbonyl (C=O) groups is 3. The van der Waals surface area contributed by atoms with Gasteiger partial charge in [0.1, 0.15) is 5.69 Å². The third-order valence-electron chi connectivity index (χ3n) is 4.01. The molecule has 9 nitrogen and oxygen atoms in total. The van der Waals surface area contributed by atoms with E-state index in [4.69, 9.17) is 15.6 Å². The number of amides is 2. The second kappa shape index (κ2) is 7.36. The van der Waals surface area contributed by atoms with E-state index >= 15 is 0 Å². The number of para-hydroxylation sites is 1. The Hall–Kier alpha value is -3.20. The Bertz CT molecular complexity index is 833. The van der Waals surface area contributed by atoms with Gasteiger partial charge in [-0.1, -0.05) is 18.2 Å². The molecular weight excluding hydrogens is 340 g/mol. The van der Waals surface area contributed by atoms with Crippen molar-refractivity contribution in [3.8, 4) is 5.69 Å². The molecule has 1 fully saturated rings. The van der Waals surface area contributed by atoms with Gasteiger partial charge in [-0.05, 0) is 12.1 Å². The molecule has 0 radical (unpaired) electrons. The first-order valence-electron chi connectivity index (χ1n) is 8.03. The summed E-state index contributed by atoms with van der Waals surface area (Å²) in [4.78, 5) is 36.8. The second-order valence-electron chi connectivity index (χ2n) is 5.87. The van der Waals surface area contributed by atoms with Crippen LogP contribution in [0.5, 0.6) is 0 Å². The van der Waals surface area contributed by atoms with Gasteiger partial charge in [0.2, 0.25) is 0 Å². The van der Waals surface area contributed by atoms with Crippen LogP contribution in [0.25, 0.3) is 5.69 Å². The molecule has 1 aliphatic heterocycles. The Morgan fingerprint density at radius 3 is 2.65 bits per heavy atom. The summed E-state index contributed by atoms with van der Waals surface area (Å²) in [5, 5.41) is 13.1. The molecular formula is C17H18N4O5. The van der Waals surface area contributed by atoms with Crippen LogP contribution in [-0.2, 0) is 9.53 Å². The largest absolute Gasteiger partial charge is 0.481 e. The zero-order chi connectivity index (χ0) is 18.7. The number of nitrogens with zero attached hydrogens (tertiary/aromatic N) is 3. The molecule has 1 aromatic heterocycles. The summed E-state index contributed by atoms with van der Waals surface area (Å²) in [6.07, 6.45) is -0.758. The van der Waals surface area contributed by atoms with Crippen LogP contribution in [0.15, 0.2) is 36.4 Å². The highest BCUT2D eigenvalue weighted by atomic mass is 16.5. The van der Waals surface area contributed by atoms with E-state index in [1.807, 2.05) is 6.07 Å². The fourth-order valence-electron chi connectivity index (χ4n) is 2.81. The van der Waals surface area contributed by atoms with Gasteiger partial charge in [-0.25, -0.2) is 4.68 Å². The summed E-state index contributed by atoms with van der Waals surface area (Å²) >= 11 is 0. The maximum Gasteiger partial charge on any atom is 0.306 e. The summed E-state index contributed by atoms with van der Waals surface area (Å²) < 4.78 is 6.69. The first kappa shape index (κ1) is 17.6. The number of aliphatic carboxylic acids is 1. The molecule has 26 heavy (non-hydrogen) atoms. The first-order chi connectivity index (χ1) is 12.5. The molecule has 1 aromatic carbocycles. The highest BCUT2D eigenvalue weighted by Gasteiger charge is 2.29. The Labute approximate surface area is 149 Å². The van der Waals surface area contributed by atoms with Crippen LogP contribution >= 0.6 is 0 Å². The maximum atomic E-state index is 12.7. The van der Waals surface area contributed by atoms with E-state index < -0.39 is 23.9 Å². The molecule has 0 spiro atoms. The number of ether oxygens (including phenoxy) is 1. The number of hydrogen-bond acceptors (Lipinski definition) is 5. The number of carboxylic acid groups (broad SMARTS) is 1. The van der Waals surface area contributed by atoms with E-state index in [2.05, 4.69) is 5.10 Å². The number of morpholine rings is 1. The molecule has 1 aliphatic rings. The van der Waals surface area contributed by atoms with Gasteiger partial charge < -0.3 is 20.5 Å². The van der Waals surface area contributed by atoms with Crippen molar-refractivity contribution in [2.45, 2.75) is 12.5 Å². The van der Waals surface area contributed by atoms with E-state index in [9.17, 15) is 14.4 Å². The quantitative estimate of drug-likeness (QED) is 0.790. The van der Waals surface area contributed by atoms with Crippen LogP contribution in [0, 0.1) is 0 Å². The van der Waals surface area contributed by atoms with E-state index in [0.717, 1.165) is 0 Å². The number of carbonyl (C=O) groups excluding carboxylic acids is 2. The standard InChI is InChI=1S/C17H18N4O5/c18-16(24)14-9-13(19-21(14)11-4-2-1-3-5-11)17(25)20-6-7-26-12(10-20)8-15(22)23/h1-5,9,12H,6-8,10H2,(H2,18,24)(H,22,23). The lowest BCUT2D eigenvalue weighted by Gasteiger charge is -2.31. The Kier molecular flexibility index (Phi) is 4.99. The molecule has 136 valence electrons. The van der Waals surface area contributed by atoms with E-state index in [1.165, 1.54) is 15.6 Å². The number of carboxylic acids is 1. The molecule has 0 saturated carbocycles. The molecule has 1 unspecified atom stereocenters. The van der Waals surface area contributed by atoms with Crippen LogP contribution in [0.1, 0.15) is 27.4 Å². The minimum atomic E-state index is -0.992. The van der Waals surface area contributed by atoms with Crippen molar-refractivity contribution in [3.05, 3.63) is 47.8 Å². The lowest BCUT2D eigenvalue weighted by Crippen LogP contribution is -2.46. The lowest BCUT2D eigenvalue weighted by molar-refractivity contribution is -0.141. The number of benzene rings is 1. The zero-order valence-electron chi connectivity index (χ0n) is 13.9. The number of primary amides is 1. The Balaban J connectivity index is 1.86. The Morgan fingerprint density at radius 2 is 2.00 bits per heavy atom. The van der Waals surface area contributed by atoms with E-state index in [1.54, 1.807) is 24.3 Å². The monoisotopic (exact) mass is 358 g/mol. The fourth-order valence-corrected chi connectivity index (χ4v) is 2.81. The minimum Gasteiger partial charge on any atom is -0.481 e. The third kappa shape index (κ3) is 3.72. The summed E-state index contributed by atoms with van der Waals surface area (Å²) in [5.74, 6) is -2.10. The average molecular weight is 358 g/mol. The summed E-state index contributed by atoms with van der Waals surface area (Å²) in [5.41, 5.74) is 6.17. The topological polar surface area (TPSA) is 128 Å². The molecule has 1 atom stereocenters. The predicted octanol–water partition coefficient (Wildman–Crippen LogP) is 0.287. The van der Waals surface area contributed by atoms with Crippen molar-refractivity contribution in [1.82, 2.24) is 14.7 Å². The third-order valence-corrected chi connectivity index (χ3v) is 4.01. The van der Waals surface area contributed by atoms with Crippen LogP contribution in [0.2, 0.25) is 0 Å². The molecule has 9 heteroatoms. The molecule has 3 N–H and O–H groups in total. The normalized spacial score (nSPS) is 17.1. The number of rotatable bonds is 5. The van der Waals surface area contributed by atoms with Crippen LogP contribution in [0.3, 0.4) is 0 Å². The van der Waals surface area contributed by atoms with Crippen LogP contribution < -0.4 is 5.73 Å². The van der Waals surface area contributed by atoms with Crippen molar-refractivity contribution >= 4 is 17.8 Å².